The number of ether oxygens (including phenoxy) is 1. The summed E-state index contributed by atoms with van der Waals surface area (Å²) >= 11 is 0. The minimum Gasteiger partial charge on any atom is -0.436 e. The lowest BCUT2D eigenvalue weighted by atomic mass is 10.1. The summed E-state index contributed by atoms with van der Waals surface area (Å²) in [6, 6.07) is 5.25. The van der Waals surface area contributed by atoms with E-state index in [0.717, 1.165) is 6.07 Å². The molecule has 0 saturated carbocycles. The van der Waals surface area contributed by atoms with E-state index in [4.69, 9.17) is 4.74 Å². The molecule has 1 N–H and O–H groups in total. The Morgan fingerprint density at radius 2 is 2.19 bits per heavy atom. The van der Waals surface area contributed by atoms with Gasteiger partial charge in [-0.05, 0) is 32.0 Å². The van der Waals surface area contributed by atoms with Crippen molar-refractivity contribution in [1.82, 2.24) is 4.98 Å². The molecule has 110 valence electrons. The van der Waals surface area contributed by atoms with Gasteiger partial charge in [-0.25, -0.2) is 9.37 Å². The number of rotatable bonds is 4. The van der Waals surface area contributed by atoms with Crippen molar-refractivity contribution in [1.29, 1.82) is 0 Å². The highest BCUT2D eigenvalue weighted by Crippen LogP contribution is 2.32. The summed E-state index contributed by atoms with van der Waals surface area (Å²) in [6.07, 6.45) is 0.605. The predicted molar refractivity (Wildman–Crippen MR) is 72.7 cm³/mol. The van der Waals surface area contributed by atoms with E-state index in [-0.39, 0.29) is 22.9 Å². The lowest BCUT2D eigenvalue weighted by molar-refractivity contribution is -0.385. The van der Waals surface area contributed by atoms with E-state index in [1.807, 2.05) is 0 Å². The van der Waals surface area contributed by atoms with E-state index in [1.54, 1.807) is 12.1 Å². The number of benzene rings is 1. The van der Waals surface area contributed by atoms with Crippen LogP contribution in [0.1, 0.15) is 24.2 Å². The van der Waals surface area contributed by atoms with Crippen LogP contribution in [0.2, 0.25) is 0 Å². The maximum Gasteiger partial charge on any atom is 0.275 e. The second kappa shape index (κ2) is 5.84. The van der Waals surface area contributed by atoms with Crippen LogP contribution in [-0.2, 0) is 0 Å². The molecule has 2 aromatic rings. The smallest absolute Gasteiger partial charge is 0.275 e. The van der Waals surface area contributed by atoms with Crippen LogP contribution >= 0.6 is 0 Å². The summed E-state index contributed by atoms with van der Waals surface area (Å²) in [6.45, 7) is 3.01. The molecule has 1 aromatic heterocycles. The minimum absolute atomic E-state index is 0.0552. The Morgan fingerprint density at radius 3 is 2.81 bits per heavy atom. The van der Waals surface area contributed by atoms with Crippen LogP contribution in [0.4, 0.5) is 10.1 Å². The number of hydrogen-bond donors (Lipinski definition) is 1. The van der Waals surface area contributed by atoms with Crippen molar-refractivity contribution in [3.63, 3.8) is 0 Å². The maximum atomic E-state index is 13.9. The van der Waals surface area contributed by atoms with E-state index in [0.29, 0.717) is 5.56 Å². The fourth-order valence-electron chi connectivity index (χ4n) is 1.83. The quantitative estimate of drug-likeness (QED) is 0.690. The molecule has 0 aliphatic rings. The average molecular weight is 292 g/mol. The summed E-state index contributed by atoms with van der Waals surface area (Å²) in [4.78, 5) is 14.0. The Labute approximate surface area is 120 Å². The molecule has 0 spiro atoms. The highest BCUT2D eigenvalue weighted by molar-refractivity contribution is 5.46. The summed E-state index contributed by atoms with van der Waals surface area (Å²) in [5, 5.41) is 20.4. The molecule has 1 aromatic carbocycles. The van der Waals surface area contributed by atoms with E-state index in [1.165, 1.54) is 26.1 Å². The molecule has 2 rings (SSSR count). The van der Waals surface area contributed by atoms with Crippen LogP contribution in [0.15, 0.2) is 30.5 Å². The number of aliphatic hydroxyl groups excluding tert-OH is 1. The normalized spacial score (nSPS) is 12.0. The van der Waals surface area contributed by atoms with Gasteiger partial charge in [-0.2, -0.15) is 0 Å². The van der Waals surface area contributed by atoms with Crippen molar-refractivity contribution in [2.75, 3.05) is 0 Å². The zero-order valence-corrected chi connectivity index (χ0v) is 11.4. The van der Waals surface area contributed by atoms with Crippen molar-refractivity contribution in [2.45, 2.75) is 20.0 Å². The standard InChI is InChI=1S/C14H13FN2O4/c1-8-6-13(11(15)7-12(8)17(19)20)21-14-10(9(2)18)4-3-5-16-14/h3-7,9,18H,1-2H3/t9-/m1/s1. The first-order valence-electron chi connectivity index (χ1n) is 6.15. The zero-order chi connectivity index (χ0) is 15.6. The van der Waals surface area contributed by atoms with Crippen molar-refractivity contribution < 1.29 is 19.2 Å². The number of hydrogen-bond acceptors (Lipinski definition) is 5. The van der Waals surface area contributed by atoms with Crippen molar-refractivity contribution in [2.24, 2.45) is 0 Å². The molecule has 0 unspecified atom stereocenters. The van der Waals surface area contributed by atoms with Crippen LogP contribution in [0.5, 0.6) is 11.6 Å². The first kappa shape index (κ1) is 14.9. The first-order chi connectivity index (χ1) is 9.90. The number of aryl methyl sites for hydroxylation is 1. The molecule has 0 aliphatic heterocycles. The Morgan fingerprint density at radius 1 is 1.48 bits per heavy atom. The van der Waals surface area contributed by atoms with Gasteiger partial charge < -0.3 is 9.84 Å². The van der Waals surface area contributed by atoms with Crippen LogP contribution in [0.25, 0.3) is 0 Å². The third-order valence-electron chi connectivity index (χ3n) is 2.90. The Bertz CT molecular complexity index is 689. The van der Waals surface area contributed by atoms with E-state index in [9.17, 15) is 19.6 Å². The molecule has 0 radical (unpaired) electrons. The van der Waals surface area contributed by atoms with Gasteiger partial charge in [0.1, 0.15) is 0 Å². The highest BCUT2D eigenvalue weighted by atomic mass is 19.1. The van der Waals surface area contributed by atoms with Gasteiger partial charge in [0.2, 0.25) is 5.88 Å². The third kappa shape index (κ3) is 3.14. The van der Waals surface area contributed by atoms with Gasteiger partial charge in [0, 0.05) is 17.3 Å². The summed E-state index contributed by atoms with van der Waals surface area (Å²) in [5.74, 6) is -0.993. The summed E-state index contributed by atoms with van der Waals surface area (Å²) in [5.41, 5.74) is 0.343. The van der Waals surface area contributed by atoms with Gasteiger partial charge in [0.05, 0.1) is 17.1 Å². The molecule has 0 bridgehead atoms. The fraction of sp³-hybridized carbons (Fsp3) is 0.214. The predicted octanol–water partition coefficient (Wildman–Crippen LogP) is 3.28. The van der Waals surface area contributed by atoms with Crippen molar-refractivity contribution in [3.8, 4) is 11.6 Å². The van der Waals surface area contributed by atoms with Gasteiger partial charge >= 0.3 is 0 Å². The van der Waals surface area contributed by atoms with E-state index >= 15 is 0 Å². The maximum absolute atomic E-state index is 13.9. The number of pyridine rings is 1. The lowest BCUT2D eigenvalue weighted by Gasteiger charge is -2.12. The number of aromatic nitrogens is 1. The molecular weight excluding hydrogens is 279 g/mol. The van der Waals surface area contributed by atoms with Gasteiger partial charge in [0.15, 0.2) is 11.6 Å². The number of halogens is 1. The third-order valence-corrected chi connectivity index (χ3v) is 2.90. The molecule has 0 saturated heterocycles. The first-order valence-corrected chi connectivity index (χ1v) is 6.15. The molecule has 6 nitrogen and oxygen atoms in total. The van der Waals surface area contributed by atoms with E-state index < -0.39 is 16.8 Å². The molecule has 0 aliphatic carbocycles. The molecular formula is C14H13FN2O4. The summed E-state index contributed by atoms with van der Waals surface area (Å²) in [7, 11) is 0. The monoisotopic (exact) mass is 292 g/mol. The molecule has 1 heterocycles. The van der Waals surface area contributed by atoms with Gasteiger partial charge in [-0.1, -0.05) is 0 Å². The number of nitro groups is 1. The number of nitrogens with zero attached hydrogens (tertiary/aromatic N) is 2. The fourth-order valence-corrected chi connectivity index (χ4v) is 1.83. The minimum atomic E-state index is -0.866. The van der Waals surface area contributed by atoms with Crippen molar-refractivity contribution >= 4 is 5.69 Å². The Hall–Kier alpha value is -2.54. The van der Waals surface area contributed by atoms with Gasteiger partial charge in [-0.3, -0.25) is 10.1 Å². The second-order valence-corrected chi connectivity index (χ2v) is 4.50. The lowest BCUT2D eigenvalue weighted by Crippen LogP contribution is -2.00. The van der Waals surface area contributed by atoms with Crippen LogP contribution in [-0.4, -0.2) is 15.0 Å². The highest BCUT2D eigenvalue weighted by Gasteiger charge is 2.18. The molecule has 21 heavy (non-hydrogen) atoms. The second-order valence-electron chi connectivity index (χ2n) is 4.50. The Kier molecular flexibility index (Phi) is 4.13. The van der Waals surface area contributed by atoms with E-state index in [2.05, 4.69) is 4.98 Å². The molecule has 1 atom stereocenters. The largest absolute Gasteiger partial charge is 0.436 e. The molecule has 0 amide bonds. The number of nitro benzene ring substituents is 1. The van der Waals surface area contributed by atoms with Crippen LogP contribution < -0.4 is 4.74 Å². The topological polar surface area (TPSA) is 85.5 Å². The van der Waals surface area contributed by atoms with Gasteiger partial charge in [-0.15, -0.1) is 0 Å². The average Bonchev–Trinajstić information content (AvgIpc) is 2.42. The molecule has 0 fully saturated rings. The van der Waals surface area contributed by atoms with Gasteiger partial charge in [0.25, 0.3) is 5.69 Å². The molecule has 7 heteroatoms. The number of aliphatic hydroxyl groups is 1. The zero-order valence-electron chi connectivity index (χ0n) is 11.4. The van der Waals surface area contributed by atoms with Crippen LogP contribution in [0.3, 0.4) is 0 Å². The summed E-state index contributed by atoms with van der Waals surface area (Å²) < 4.78 is 19.2. The Balaban J connectivity index is 2.41. The SMILES string of the molecule is Cc1cc(Oc2ncccc2[C@@H](C)O)c(F)cc1[N+](=O)[O-]. The van der Waals surface area contributed by atoms with Crippen molar-refractivity contribution in [3.05, 3.63) is 57.5 Å². The van der Waals surface area contributed by atoms with Crippen LogP contribution in [0, 0.1) is 22.9 Å².